The molecule has 0 fully saturated rings. The number of rotatable bonds is 7. The maximum atomic E-state index is 12.5. The fourth-order valence-corrected chi connectivity index (χ4v) is 3.72. The fourth-order valence-electron chi connectivity index (χ4n) is 2.55. The molecule has 146 valence electrons. The Morgan fingerprint density at radius 1 is 1.11 bits per heavy atom. The van der Waals surface area contributed by atoms with Crippen molar-refractivity contribution in [3.63, 3.8) is 0 Å². The number of sulfonamides is 1. The number of hydrogen-bond donors (Lipinski definition) is 1. The summed E-state index contributed by atoms with van der Waals surface area (Å²) in [6.45, 7) is 2.17. The molecule has 0 unspecified atom stereocenters. The lowest BCUT2D eigenvalue weighted by Crippen LogP contribution is -2.36. The van der Waals surface area contributed by atoms with Crippen molar-refractivity contribution in [1.82, 2.24) is 14.8 Å². The van der Waals surface area contributed by atoms with Gasteiger partial charge in [-0.25, -0.2) is 8.42 Å². The number of aryl methyl sites for hydroxylation is 1. The Hall–Kier alpha value is -2.97. The second kappa shape index (κ2) is 8.37. The first-order chi connectivity index (χ1) is 13.4. The third-order valence-corrected chi connectivity index (χ3v) is 6.11. The number of nitrogens with one attached hydrogen (secondary N) is 1. The second-order valence-electron chi connectivity index (χ2n) is 6.34. The lowest BCUT2D eigenvalue weighted by atomic mass is 10.1. The molecule has 1 heterocycles. The molecule has 3 aromatic rings. The zero-order valence-corrected chi connectivity index (χ0v) is 16.4. The van der Waals surface area contributed by atoms with Gasteiger partial charge in [0, 0.05) is 31.8 Å². The minimum Gasteiger partial charge on any atom is -0.355 e. The van der Waals surface area contributed by atoms with E-state index in [0.717, 1.165) is 11.1 Å². The van der Waals surface area contributed by atoms with Crippen LogP contribution >= 0.6 is 0 Å². The highest BCUT2D eigenvalue weighted by Crippen LogP contribution is 2.19. The van der Waals surface area contributed by atoms with Crippen LogP contribution in [0, 0.1) is 6.92 Å². The molecule has 2 aromatic carbocycles. The van der Waals surface area contributed by atoms with Gasteiger partial charge in [0.1, 0.15) is 0 Å². The molecule has 1 N–H and O–H groups in total. The average Bonchev–Trinajstić information content (AvgIpc) is 3.19. The largest absolute Gasteiger partial charge is 0.355 e. The van der Waals surface area contributed by atoms with E-state index in [1.165, 1.54) is 11.4 Å². The zero-order chi connectivity index (χ0) is 20.1. The third-order valence-electron chi connectivity index (χ3n) is 4.24. The van der Waals surface area contributed by atoms with E-state index in [0.29, 0.717) is 5.76 Å². The van der Waals surface area contributed by atoms with E-state index >= 15 is 0 Å². The van der Waals surface area contributed by atoms with Crippen LogP contribution in [0.4, 0.5) is 0 Å². The van der Waals surface area contributed by atoms with E-state index in [9.17, 15) is 13.2 Å². The van der Waals surface area contributed by atoms with Gasteiger partial charge in [0.2, 0.25) is 10.0 Å². The highest BCUT2D eigenvalue weighted by molar-refractivity contribution is 7.89. The number of aromatic nitrogens is 1. The summed E-state index contributed by atoms with van der Waals surface area (Å²) >= 11 is 0. The highest BCUT2D eigenvalue weighted by Gasteiger charge is 2.21. The van der Waals surface area contributed by atoms with Crippen LogP contribution in [0.25, 0.3) is 11.3 Å². The van der Waals surface area contributed by atoms with Crippen molar-refractivity contribution in [2.75, 3.05) is 20.1 Å². The van der Waals surface area contributed by atoms with Crippen molar-refractivity contribution in [3.05, 3.63) is 71.9 Å². The van der Waals surface area contributed by atoms with E-state index in [4.69, 9.17) is 4.52 Å². The molecule has 3 rings (SSSR count). The molecule has 7 nitrogen and oxygen atoms in total. The molecule has 0 aliphatic carbocycles. The molecule has 0 atom stereocenters. The van der Waals surface area contributed by atoms with Crippen molar-refractivity contribution in [2.45, 2.75) is 11.8 Å². The van der Waals surface area contributed by atoms with Gasteiger partial charge in [0.05, 0.1) is 4.90 Å². The Labute approximate surface area is 164 Å². The quantitative estimate of drug-likeness (QED) is 0.659. The van der Waals surface area contributed by atoms with Crippen molar-refractivity contribution in [3.8, 4) is 11.3 Å². The molecule has 0 saturated carbocycles. The number of carbonyl (C=O) groups is 1. The zero-order valence-electron chi connectivity index (χ0n) is 15.6. The first-order valence-electron chi connectivity index (χ1n) is 8.71. The van der Waals surface area contributed by atoms with E-state index in [-0.39, 0.29) is 23.7 Å². The number of carbonyl (C=O) groups excluding carboxylic acids is 1. The van der Waals surface area contributed by atoms with Gasteiger partial charge in [-0.2, -0.15) is 4.31 Å². The van der Waals surface area contributed by atoms with E-state index in [2.05, 4.69) is 10.5 Å². The first-order valence-corrected chi connectivity index (χ1v) is 10.2. The van der Waals surface area contributed by atoms with Gasteiger partial charge in [0.25, 0.3) is 5.91 Å². The van der Waals surface area contributed by atoms with Gasteiger partial charge in [-0.3, -0.25) is 4.79 Å². The number of nitrogens with zero attached hydrogens (tertiary/aromatic N) is 2. The van der Waals surface area contributed by atoms with E-state index < -0.39 is 15.9 Å². The van der Waals surface area contributed by atoms with Gasteiger partial charge >= 0.3 is 0 Å². The molecule has 1 aromatic heterocycles. The molecular weight excluding hydrogens is 378 g/mol. The SMILES string of the molecule is Cc1ccc(S(=O)(=O)N(C)CCNC(=O)c2cc(-c3ccccc3)on2)cc1. The van der Waals surface area contributed by atoms with Gasteiger partial charge in [0.15, 0.2) is 11.5 Å². The Balaban J connectivity index is 1.56. The van der Waals surface area contributed by atoms with Crippen molar-refractivity contribution >= 4 is 15.9 Å². The first kappa shape index (κ1) is 19.8. The monoisotopic (exact) mass is 399 g/mol. The topological polar surface area (TPSA) is 92.5 Å². The van der Waals surface area contributed by atoms with Crippen LogP contribution in [-0.2, 0) is 10.0 Å². The molecule has 0 spiro atoms. The summed E-state index contributed by atoms with van der Waals surface area (Å²) in [4.78, 5) is 12.4. The highest BCUT2D eigenvalue weighted by atomic mass is 32.2. The Bertz CT molecular complexity index is 1040. The summed E-state index contributed by atoms with van der Waals surface area (Å²) in [6, 6.07) is 17.5. The normalized spacial score (nSPS) is 11.5. The van der Waals surface area contributed by atoms with Crippen molar-refractivity contribution in [2.24, 2.45) is 0 Å². The fraction of sp³-hybridized carbons (Fsp3) is 0.200. The standard InChI is InChI=1S/C20H21N3O4S/c1-15-8-10-17(11-9-15)28(25,26)23(2)13-12-21-20(24)18-14-19(27-22-18)16-6-4-3-5-7-16/h3-11,14H,12-13H2,1-2H3,(H,21,24). The van der Waals surface area contributed by atoms with Gasteiger partial charge in [-0.05, 0) is 19.1 Å². The minimum absolute atomic E-state index is 0.130. The van der Waals surface area contributed by atoms with Crippen LogP contribution < -0.4 is 5.32 Å². The van der Waals surface area contributed by atoms with Gasteiger partial charge in [-0.1, -0.05) is 53.2 Å². The van der Waals surface area contributed by atoms with Crippen LogP contribution in [0.15, 0.2) is 70.1 Å². The molecule has 0 aliphatic rings. The Kier molecular flexibility index (Phi) is 5.91. The smallest absolute Gasteiger partial charge is 0.273 e. The lowest BCUT2D eigenvalue weighted by Gasteiger charge is -2.17. The molecule has 0 aliphatic heterocycles. The van der Waals surface area contributed by atoms with Crippen LogP contribution in [-0.4, -0.2) is 43.9 Å². The Morgan fingerprint density at radius 2 is 1.79 bits per heavy atom. The lowest BCUT2D eigenvalue weighted by molar-refractivity contribution is 0.0943. The molecule has 8 heteroatoms. The van der Waals surface area contributed by atoms with Crippen LogP contribution in [0.2, 0.25) is 0 Å². The third kappa shape index (κ3) is 4.47. The summed E-state index contributed by atoms with van der Waals surface area (Å²) < 4.78 is 31.5. The molecule has 28 heavy (non-hydrogen) atoms. The van der Waals surface area contributed by atoms with Crippen molar-refractivity contribution < 1.29 is 17.7 Å². The summed E-state index contributed by atoms with van der Waals surface area (Å²) in [6.07, 6.45) is 0. The van der Waals surface area contributed by atoms with Crippen LogP contribution in [0.3, 0.4) is 0 Å². The van der Waals surface area contributed by atoms with Crippen LogP contribution in [0.5, 0.6) is 0 Å². The van der Waals surface area contributed by atoms with Crippen LogP contribution in [0.1, 0.15) is 16.1 Å². The Morgan fingerprint density at radius 3 is 2.46 bits per heavy atom. The maximum Gasteiger partial charge on any atom is 0.273 e. The number of amides is 1. The number of hydrogen-bond acceptors (Lipinski definition) is 5. The maximum absolute atomic E-state index is 12.5. The summed E-state index contributed by atoms with van der Waals surface area (Å²) in [5.74, 6) is 0.0666. The number of benzene rings is 2. The van der Waals surface area contributed by atoms with Gasteiger partial charge < -0.3 is 9.84 Å². The van der Waals surface area contributed by atoms with E-state index in [1.807, 2.05) is 37.3 Å². The molecule has 0 saturated heterocycles. The molecule has 0 bridgehead atoms. The molecule has 1 amide bonds. The van der Waals surface area contributed by atoms with E-state index in [1.54, 1.807) is 30.3 Å². The predicted molar refractivity (Wildman–Crippen MR) is 105 cm³/mol. The summed E-state index contributed by atoms with van der Waals surface area (Å²) in [7, 11) is -2.13. The summed E-state index contributed by atoms with van der Waals surface area (Å²) in [5.41, 5.74) is 1.94. The molecule has 0 radical (unpaired) electrons. The average molecular weight is 399 g/mol. The van der Waals surface area contributed by atoms with Gasteiger partial charge in [-0.15, -0.1) is 0 Å². The van der Waals surface area contributed by atoms with Crippen molar-refractivity contribution in [1.29, 1.82) is 0 Å². The second-order valence-corrected chi connectivity index (χ2v) is 8.38. The summed E-state index contributed by atoms with van der Waals surface area (Å²) in [5, 5.41) is 6.44. The molecular formula is C20H21N3O4S. The number of likely N-dealkylation sites (N-methyl/N-ethyl adjacent to an activating group) is 1. The minimum atomic E-state index is -3.60. The predicted octanol–water partition coefficient (Wildman–Crippen LogP) is 2.70.